The standard InChI is InChI=1S/C18H15ClN2O2S/c1-12-3-4-14(10-20-12)18-17(9-15(19)11-21-18)13-5-7-16(8-6-13)24(2,22)23/h3-11H,1-2H3/i2+1D3. The first-order chi connectivity index (χ1) is 12.6. The molecule has 0 spiro atoms. The van der Waals surface area contributed by atoms with Gasteiger partial charge in [-0.3, -0.25) is 9.97 Å². The van der Waals surface area contributed by atoms with Crippen LogP contribution in [0.4, 0.5) is 0 Å². The molecule has 0 aliphatic heterocycles. The highest BCUT2D eigenvalue weighted by molar-refractivity contribution is 7.90. The molecule has 0 unspecified atom stereocenters. The molecule has 0 radical (unpaired) electrons. The molecule has 3 aromatic rings. The van der Waals surface area contributed by atoms with E-state index in [0.717, 1.165) is 11.3 Å². The van der Waals surface area contributed by atoms with Gasteiger partial charge in [-0.15, -0.1) is 0 Å². The van der Waals surface area contributed by atoms with Crippen LogP contribution in [0, 0.1) is 6.92 Å². The van der Waals surface area contributed by atoms with E-state index in [4.69, 9.17) is 15.7 Å². The predicted molar refractivity (Wildman–Crippen MR) is 95.8 cm³/mol. The number of sulfone groups is 1. The molecule has 122 valence electrons. The zero-order chi connectivity index (χ0) is 19.8. The molecule has 0 aliphatic carbocycles. The monoisotopic (exact) mass is 362 g/mol. The number of rotatable bonds is 3. The summed E-state index contributed by atoms with van der Waals surface area (Å²) in [6.45, 7) is 1.88. The minimum atomic E-state index is -4.40. The van der Waals surface area contributed by atoms with Crippen molar-refractivity contribution in [2.45, 2.75) is 11.8 Å². The largest absolute Gasteiger partial charge is 0.261 e. The van der Waals surface area contributed by atoms with E-state index in [1.54, 1.807) is 12.3 Å². The number of hydrogen-bond acceptors (Lipinski definition) is 4. The fourth-order valence-electron chi connectivity index (χ4n) is 2.31. The number of halogens is 1. The molecule has 0 atom stereocenters. The molecule has 1 aromatic carbocycles. The van der Waals surface area contributed by atoms with Gasteiger partial charge in [-0.25, -0.2) is 8.42 Å². The molecule has 6 heteroatoms. The number of nitrogens with zero attached hydrogens (tertiary/aromatic N) is 2. The maximum atomic E-state index is 12.1. The van der Waals surface area contributed by atoms with E-state index in [-0.39, 0.29) is 4.90 Å². The zero-order valence-electron chi connectivity index (χ0n) is 15.7. The highest BCUT2D eigenvalue weighted by Crippen LogP contribution is 2.32. The Morgan fingerprint density at radius 3 is 2.33 bits per heavy atom. The van der Waals surface area contributed by atoms with Crippen LogP contribution in [0.15, 0.2) is 59.8 Å². The topological polar surface area (TPSA) is 59.9 Å². The number of aromatic nitrogens is 2. The summed E-state index contributed by atoms with van der Waals surface area (Å²) in [5.41, 5.74) is 3.63. The number of benzene rings is 1. The lowest BCUT2D eigenvalue weighted by molar-refractivity contribution is 0.602. The van der Waals surface area contributed by atoms with Crippen LogP contribution in [-0.2, 0) is 9.84 Å². The summed E-state index contributed by atoms with van der Waals surface area (Å²) in [6.07, 6.45) is 0.112. The molecule has 0 saturated heterocycles. The zero-order valence-corrected chi connectivity index (χ0v) is 14.3. The Kier molecular flexibility index (Phi) is 3.46. The van der Waals surface area contributed by atoms with Crippen molar-refractivity contribution in [3.63, 3.8) is 0 Å². The lowest BCUT2D eigenvalue weighted by Crippen LogP contribution is -1.97. The van der Waals surface area contributed by atoms with Crippen LogP contribution in [0.3, 0.4) is 0 Å². The van der Waals surface area contributed by atoms with Gasteiger partial charge in [0, 0.05) is 39.5 Å². The molecule has 2 heterocycles. The molecular weight excluding hydrogens is 345 g/mol. The maximum Gasteiger partial charge on any atom is 0.175 e. The molecule has 0 N–H and O–H groups in total. The second-order valence-electron chi connectivity index (χ2n) is 5.27. The van der Waals surface area contributed by atoms with Crippen LogP contribution in [0.5, 0.6) is 0 Å². The van der Waals surface area contributed by atoms with Crippen molar-refractivity contribution in [2.75, 3.05) is 6.18 Å². The number of hydrogen-bond donors (Lipinski definition) is 0. The fraction of sp³-hybridized carbons (Fsp3) is 0.111. The van der Waals surface area contributed by atoms with Crippen LogP contribution in [-0.4, -0.2) is 24.6 Å². The lowest BCUT2D eigenvalue weighted by atomic mass is 10.0. The highest BCUT2D eigenvalue weighted by atomic mass is 35.5. The van der Waals surface area contributed by atoms with Crippen LogP contribution >= 0.6 is 11.6 Å². The predicted octanol–water partition coefficient (Wildman–Crippen LogP) is 4.18. The Balaban J connectivity index is 2.10. The summed E-state index contributed by atoms with van der Waals surface area (Å²) in [5.74, 6) is 0. The van der Waals surface area contributed by atoms with Gasteiger partial charge >= 0.3 is 0 Å². The van der Waals surface area contributed by atoms with E-state index in [2.05, 4.69) is 9.97 Å². The normalized spacial score (nSPS) is 13.8. The molecule has 2 aromatic heterocycles. The average Bonchev–Trinajstić information content (AvgIpc) is 2.62. The van der Waals surface area contributed by atoms with E-state index < -0.39 is 16.0 Å². The molecule has 0 saturated carbocycles. The number of pyridine rings is 2. The summed E-state index contributed by atoms with van der Waals surface area (Å²) in [4.78, 5) is 8.39. The van der Waals surface area contributed by atoms with Gasteiger partial charge in [0.1, 0.15) is 0 Å². The van der Waals surface area contributed by atoms with Crippen LogP contribution in [0.25, 0.3) is 22.4 Å². The van der Waals surface area contributed by atoms with Crippen molar-refractivity contribution in [2.24, 2.45) is 0 Å². The number of aryl methyl sites for hydroxylation is 1. The summed E-state index contributed by atoms with van der Waals surface area (Å²) in [5, 5.41) is 0.424. The van der Waals surface area contributed by atoms with Crippen molar-refractivity contribution in [1.82, 2.24) is 9.97 Å². The van der Waals surface area contributed by atoms with E-state index >= 15 is 0 Å². The van der Waals surface area contributed by atoms with Crippen molar-refractivity contribution in [3.05, 3.63) is 65.6 Å². The molecular formula is C18H15ClN2O2S. The smallest absolute Gasteiger partial charge is 0.175 e. The first-order valence-corrected chi connectivity index (χ1v) is 8.89. The molecule has 4 nitrogen and oxygen atoms in total. The van der Waals surface area contributed by atoms with Crippen LogP contribution in [0.1, 0.15) is 9.81 Å². The lowest BCUT2D eigenvalue weighted by Gasteiger charge is -2.10. The second kappa shape index (κ2) is 6.34. The third-order valence-corrected chi connectivity index (χ3v) is 4.61. The maximum absolute atomic E-state index is 12.1. The Bertz CT molecular complexity index is 1080. The molecule has 24 heavy (non-hydrogen) atoms. The van der Waals surface area contributed by atoms with E-state index in [1.165, 1.54) is 30.5 Å². The van der Waals surface area contributed by atoms with Gasteiger partial charge < -0.3 is 0 Å². The van der Waals surface area contributed by atoms with Crippen molar-refractivity contribution in [1.29, 1.82) is 0 Å². The van der Waals surface area contributed by atoms with Gasteiger partial charge in [-0.1, -0.05) is 23.7 Å². The van der Waals surface area contributed by atoms with E-state index in [9.17, 15) is 8.42 Å². The summed E-state index contributed by atoms with van der Waals surface area (Å²) in [7, 11) is -4.40. The third-order valence-electron chi connectivity index (χ3n) is 3.51. The molecule has 0 bridgehead atoms. The fourth-order valence-corrected chi connectivity index (χ4v) is 2.96. The minimum Gasteiger partial charge on any atom is -0.261 e. The van der Waals surface area contributed by atoms with Crippen molar-refractivity contribution >= 4 is 21.4 Å². The Labute approximate surface area is 150 Å². The van der Waals surface area contributed by atoms with Crippen LogP contribution < -0.4 is 0 Å². The molecule has 0 aliphatic rings. The van der Waals surface area contributed by atoms with E-state index in [0.29, 0.717) is 21.8 Å². The van der Waals surface area contributed by atoms with Gasteiger partial charge in [0.15, 0.2) is 9.84 Å². The van der Waals surface area contributed by atoms with Crippen molar-refractivity contribution < 1.29 is 12.5 Å². The van der Waals surface area contributed by atoms with E-state index in [1.807, 2.05) is 19.1 Å². The third kappa shape index (κ3) is 3.47. The first kappa shape index (κ1) is 13.1. The van der Waals surface area contributed by atoms with Gasteiger partial charge in [0.05, 0.1) is 15.6 Å². The molecule has 0 amide bonds. The highest BCUT2D eigenvalue weighted by Gasteiger charge is 2.12. The van der Waals surface area contributed by atoms with Gasteiger partial charge in [-0.2, -0.15) is 0 Å². The Morgan fingerprint density at radius 2 is 1.71 bits per heavy atom. The quantitative estimate of drug-likeness (QED) is 0.656. The first-order valence-electron chi connectivity index (χ1n) is 8.53. The summed E-state index contributed by atoms with van der Waals surface area (Å²) in [6, 6.07) is 11.1. The molecule has 0 fully saturated rings. The summed E-state index contributed by atoms with van der Waals surface area (Å²) < 4.78 is 45.7. The second-order valence-corrected chi connectivity index (χ2v) is 7.18. The Hall–Kier alpha value is -2.24. The van der Waals surface area contributed by atoms with Gasteiger partial charge in [-0.05, 0) is 42.8 Å². The average molecular weight is 363 g/mol. The van der Waals surface area contributed by atoms with Crippen molar-refractivity contribution in [3.8, 4) is 22.4 Å². The Morgan fingerprint density at radius 1 is 1.00 bits per heavy atom. The summed E-state index contributed by atoms with van der Waals surface area (Å²) >= 11 is 6.09. The van der Waals surface area contributed by atoms with Gasteiger partial charge in [0.25, 0.3) is 0 Å². The SMILES string of the molecule is [2H][13C]([2H])([2H])S(=O)(=O)c1ccc(-c2cc(Cl)cnc2-c2ccc(C)nc2)cc1. The van der Waals surface area contributed by atoms with Gasteiger partial charge in [0.2, 0.25) is 0 Å². The minimum absolute atomic E-state index is 0.264. The van der Waals surface area contributed by atoms with Crippen LogP contribution in [0.2, 0.25) is 5.02 Å². The molecule has 3 rings (SSSR count).